The van der Waals surface area contributed by atoms with Gasteiger partial charge in [-0.15, -0.1) is 0 Å². The summed E-state index contributed by atoms with van der Waals surface area (Å²) in [5, 5.41) is 7.82. The van der Waals surface area contributed by atoms with Crippen molar-refractivity contribution in [1.29, 1.82) is 0 Å². The molecule has 3 aromatic rings. The lowest BCUT2D eigenvalue weighted by atomic mass is 10.1. The molecule has 0 saturated heterocycles. The van der Waals surface area contributed by atoms with Gasteiger partial charge in [0.2, 0.25) is 0 Å². The van der Waals surface area contributed by atoms with Gasteiger partial charge < -0.3 is 10.2 Å². The van der Waals surface area contributed by atoms with Crippen molar-refractivity contribution >= 4 is 40.7 Å². The highest BCUT2D eigenvalue weighted by Gasteiger charge is 2.15. The van der Waals surface area contributed by atoms with Crippen molar-refractivity contribution in [3.8, 4) is 5.69 Å². The van der Waals surface area contributed by atoms with Gasteiger partial charge >= 0.3 is 0 Å². The molecule has 0 aliphatic rings. The number of amides is 2. The van der Waals surface area contributed by atoms with Gasteiger partial charge in [-0.3, -0.25) is 9.59 Å². The van der Waals surface area contributed by atoms with Gasteiger partial charge in [0.25, 0.3) is 11.8 Å². The third kappa shape index (κ3) is 4.30. The average molecular weight is 403 g/mol. The summed E-state index contributed by atoms with van der Waals surface area (Å²) in [5.74, 6) is -0.542. The second-order valence-electron chi connectivity index (χ2n) is 6.00. The number of hydrogen-bond acceptors (Lipinski definition) is 3. The molecule has 1 N–H and O–H groups in total. The fourth-order valence-corrected chi connectivity index (χ4v) is 2.77. The number of halogens is 2. The van der Waals surface area contributed by atoms with Crippen molar-refractivity contribution in [2.45, 2.75) is 0 Å². The Bertz CT molecular complexity index is 997. The Morgan fingerprint density at radius 1 is 1.07 bits per heavy atom. The maximum absolute atomic E-state index is 12.4. The first-order valence-corrected chi connectivity index (χ1v) is 8.74. The molecule has 3 rings (SSSR count). The Kier molecular flexibility index (Phi) is 5.48. The second kappa shape index (κ2) is 7.82. The molecule has 0 saturated carbocycles. The SMILES string of the molecule is CN(C)C(=O)c1ccc(NC(=O)c2cnn(-c3ccc(Cl)cc3)c2)cc1Cl. The van der Waals surface area contributed by atoms with E-state index < -0.39 is 0 Å². The van der Waals surface area contributed by atoms with Gasteiger partial charge in [-0.1, -0.05) is 23.2 Å². The molecule has 8 heteroatoms. The first-order chi connectivity index (χ1) is 12.8. The number of carbonyl (C=O) groups is 2. The Labute approximate surface area is 166 Å². The fourth-order valence-electron chi connectivity index (χ4n) is 2.39. The quantitative estimate of drug-likeness (QED) is 0.712. The molecule has 0 unspecified atom stereocenters. The zero-order chi connectivity index (χ0) is 19.6. The molecule has 0 radical (unpaired) electrons. The summed E-state index contributed by atoms with van der Waals surface area (Å²) < 4.78 is 1.58. The molecule has 0 fully saturated rings. The van der Waals surface area contributed by atoms with E-state index >= 15 is 0 Å². The molecular formula is C19H16Cl2N4O2. The fraction of sp³-hybridized carbons (Fsp3) is 0.105. The third-order valence-electron chi connectivity index (χ3n) is 3.80. The predicted molar refractivity (Wildman–Crippen MR) is 106 cm³/mol. The van der Waals surface area contributed by atoms with E-state index in [2.05, 4.69) is 10.4 Å². The summed E-state index contributed by atoms with van der Waals surface area (Å²) in [6.45, 7) is 0. The predicted octanol–water partition coefficient (Wildman–Crippen LogP) is 4.13. The van der Waals surface area contributed by atoms with Gasteiger partial charge in [0, 0.05) is 31.0 Å². The largest absolute Gasteiger partial charge is 0.345 e. The van der Waals surface area contributed by atoms with Crippen LogP contribution in [0.5, 0.6) is 0 Å². The molecule has 2 aromatic carbocycles. The van der Waals surface area contributed by atoms with Crippen LogP contribution in [-0.2, 0) is 0 Å². The smallest absolute Gasteiger partial charge is 0.258 e. The molecule has 6 nitrogen and oxygen atoms in total. The van der Waals surface area contributed by atoms with Crippen LogP contribution < -0.4 is 5.32 Å². The van der Waals surface area contributed by atoms with Gasteiger partial charge in [0.1, 0.15) is 0 Å². The van der Waals surface area contributed by atoms with Crippen molar-refractivity contribution in [2.75, 3.05) is 19.4 Å². The Balaban J connectivity index is 1.75. The standard InChI is InChI=1S/C19H16Cl2N4O2/c1-24(2)19(27)16-8-5-14(9-17(16)21)23-18(26)12-10-22-25(11-12)15-6-3-13(20)4-7-15/h3-11H,1-2H3,(H,23,26). The molecule has 0 spiro atoms. The van der Waals surface area contributed by atoms with Crippen LogP contribution in [0.3, 0.4) is 0 Å². The van der Waals surface area contributed by atoms with E-state index in [1.807, 2.05) is 0 Å². The van der Waals surface area contributed by atoms with Gasteiger partial charge in [-0.2, -0.15) is 5.10 Å². The lowest BCUT2D eigenvalue weighted by Crippen LogP contribution is -2.22. The number of nitrogens with one attached hydrogen (secondary N) is 1. The summed E-state index contributed by atoms with van der Waals surface area (Å²) >= 11 is 12.0. The summed E-state index contributed by atoms with van der Waals surface area (Å²) in [4.78, 5) is 25.9. The lowest BCUT2D eigenvalue weighted by Gasteiger charge is -2.12. The molecule has 1 heterocycles. The van der Waals surface area contributed by atoms with Crippen molar-refractivity contribution in [1.82, 2.24) is 14.7 Å². The van der Waals surface area contributed by atoms with Gasteiger partial charge in [-0.25, -0.2) is 4.68 Å². The third-order valence-corrected chi connectivity index (χ3v) is 4.36. The molecule has 2 amide bonds. The van der Waals surface area contributed by atoms with E-state index in [1.165, 1.54) is 11.1 Å². The highest BCUT2D eigenvalue weighted by atomic mass is 35.5. The highest BCUT2D eigenvalue weighted by molar-refractivity contribution is 6.34. The van der Waals surface area contributed by atoms with Crippen LogP contribution in [-0.4, -0.2) is 40.6 Å². The molecule has 1 aromatic heterocycles. The van der Waals surface area contributed by atoms with E-state index in [1.54, 1.807) is 67.4 Å². The summed E-state index contributed by atoms with van der Waals surface area (Å²) in [6.07, 6.45) is 3.08. The Morgan fingerprint density at radius 3 is 2.41 bits per heavy atom. The first kappa shape index (κ1) is 18.9. The van der Waals surface area contributed by atoms with Crippen LogP contribution in [0.2, 0.25) is 10.0 Å². The second-order valence-corrected chi connectivity index (χ2v) is 6.84. The van der Waals surface area contributed by atoms with Crippen molar-refractivity contribution < 1.29 is 9.59 Å². The Morgan fingerprint density at radius 2 is 1.78 bits per heavy atom. The van der Waals surface area contributed by atoms with E-state index in [4.69, 9.17) is 23.2 Å². The van der Waals surface area contributed by atoms with Gasteiger partial charge in [-0.05, 0) is 42.5 Å². The summed E-state index contributed by atoms with van der Waals surface area (Å²) in [6, 6.07) is 11.9. The summed E-state index contributed by atoms with van der Waals surface area (Å²) in [7, 11) is 3.29. The number of benzene rings is 2. The van der Waals surface area contributed by atoms with Gasteiger partial charge in [0.05, 0.1) is 28.0 Å². The number of rotatable bonds is 4. The van der Waals surface area contributed by atoms with Crippen LogP contribution in [0.1, 0.15) is 20.7 Å². The van der Waals surface area contributed by atoms with Gasteiger partial charge in [0.15, 0.2) is 0 Å². The van der Waals surface area contributed by atoms with Crippen molar-refractivity contribution in [2.24, 2.45) is 0 Å². The van der Waals surface area contributed by atoms with Crippen LogP contribution in [0.25, 0.3) is 5.69 Å². The van der Waals surface area contributed by atoms with E-state index in [0.29, 0.717) is 21.8 Å². The molecule has 0 bridgehead atoms. The number of aromatic nitrogens is 2. The van der Waals surface area contributed by atoms with Crippen LogP contribution >= 0.6 is 23.2 Å². The summed E-state index contributed by atoms with van der Waals surface area (Å²) in [5.41, 5.74) is 2.03. The molecule has 27 heavy (non-hydrogen) atoms. The zero-order valence-electron chi connectivity index (χ0n) is 14.6. The number of carbonyl (C=O) groups excluding carboxylic acids is 2. The number of anilines is 1. The van der Waals surface area contributed by atoms with Crippen LogP contribution in [0.4, 0.5) is 5.69 Å². The molecular weight excluding hydrogens is 387 g/mol. The normalized spacial score (nSPS) is 10.5. The van der Waals surface area contributed by atoms with Crippen molar-refractivity contribution in [3.05, 3.63) is 76.0 Å². The van der Waals surface area contributed by atoms with Crippen LogP contribution in [0, 0.1) is 0 Å². The minimum atomic E-state index is -0.335. The maximum atomic E-state index is 12.4. The van der Waals surface area contributed by atoms with E-state index in [-0.39, 0.29) is 16.8 Å². The Hall–Kier alpha value is -2.83. The van der Waals surface area contributed by atoms with Crippen molar-refractivity contribution in [3.63, 3.8) is 0 Å². The van der Waals surface area contributed by atoms with E-state index in [0.717, 1.165) is 5.69 Å². The lowest BCUT2D eigenvalue weighted by molar-refractivity contribution is 0.0827. The van der Waals surface area contributed by atoms with Crippen LogP contribution in [0.15, 0.2) is 54.9 Å². The minimum absolute atomic E-state index is 0.206. The molecule has 0 aliphatic carbocycles. The average Bonchev–Trinajstić information content (AvgIpc) is 3.12. The number of hydrogen-bond donors (Lipinski definition) is 1. The molecule has 138 valence electrons. The zero-order valence-corrected chi connectivity index (χ0v) is 16.1. The molecule has 0 atom stereocenters. The highest BCUT2D eigenvalue weighted by Crippen LogP contribution is 2.22. The minimum Gasteiger partial charge on any atom is -0.345 e. The number of nitrogens with zero attached hydrogens (tertiary/aromatic N) is 3. The van der Waals surface area contributed by atoms with E-state index in [9.17, 15) is 9.59 Å². The topological polar surface area (TPSA) is 67.2 Å². The molecule has 0 aliphatic heterocycles. The monoisotopic (exact) mass is 402 g/mol. The maximum Gasteiger partial charge on any atom is 0.258 e. The first-order valence-electron chi connectivity index (χ1n) is 7.98.